The summed E-state index contributed by atoms with van der Waals surface area (Å²) >= 11 is 0. The number of ether oxygens (including phenoxy) is 1. The zero-order chi connectivity index (χ0) is 18.8. The Kier molecular flexibility index (Phi) is 4.59. The number of rotatable bonds is 4. The molecule has 0 saturated carbocycles. The van der Waals surface area contributed by atoms with Crippen LogP contribution >= 0.6 is 0 Å². The molecule has 0 fully saturated rings. The van der Waals surface area contributed by atoms with Crippen LogP contribution in [0.1, 0.15) is 39.9 Å². The minimum absolute atomic E-state index is 0.0336. The van der Waals surface area contributed by atoms with Gasteiger partial charge in [0.1, 0.15) is 35.1 Å². The lowest BCUT2D eigenvalue weighted by Crippen LogP contribution is -2.28. The number of fused-ring (bicyclic) bond motifs is 1. The minimum Gasteiger partial charge on any atom is -0.462 e. The number of benzene rings is 1. The van der Waals surface area contributed by atoms with Crippen LogP contribution in [0.3, 0.4) is 0 Å². The van der Waals surface area contributed by atoms with E-state index in [0.29, 0.717) is 22.2 Å². The number of aromatic nitrogens is 2. The van der Waals surface area contributed by atoms with E-state index in [1.54, 1.807) is 45.0 Å². The highest BCUT2D eigenvalue weighted by molar-refractivity contribution is 6.04. The summed E-state index contributed by atoms with van der Waals surface area (Å²) in [6.45, 7) is 5.26. The number of carbonyl (C=O) groups excluding carboxylic acids is 1. The summed E-state index contributed by atoms with van der Waals surface area (Å²) < 4.78 is 12.1. The Balaban J connectivity index is 2.18. The number of nitrogens with zero attached hydrogens (tertiary/aromatic N) is 3. The molecular formula is C19H17N3O4. The molecule has 26 heavy (non-hydrogen) atoms. The van der Waals surface area contributed by atoms with Crippen molar-refractivity contribution >= 4 is 16.9 Å². The Morgan fingerprint density at radius 2 is 2.08 bits per heavy atom. The maximum Gasteiger partial charge on any atom is 0.342 e. The first-order valence-corrected chi connectivity index (χ1v) is 8.13. The third kappa shape index (κ3) is 2.86. The summed E-state index contributed by atoms with van der Waals surface area (Å²) in [5.74, 6) is -0.253. The molecule has 3 rings (SSSR count). The van der Waals surface area contributed by atoms with Gasteiger partial charge in [-0.2, -0.15) is 10.4 Å². The molecule has 0 radical (unpaired) electrons. The summed E-state index contributed by atoms with van der Waals surface area (Å²) in [6, 6.07) is 8.99. The molecule has 0 bridgehead atoms. The molecule has 132 valence electrons. The molecular weight excluding hydrogens is 334 g/mol. The molecule has 0 saturated heterocycles. The molecule has 0 unspecified atom stereocenters. The fourth-order valence-electron chi connectivity index (χ4n) is 2.78. The van der Waals surface area contributed by atoms with Crippen molar-refractivity contribution in [1.29, 1.82) is 5.26 Å². The molecule has 7 heteroatoms. The van der Waals surface area contributed by atoms with Crippen molar-refractivity contribution in [1.82, 2.24) is 9.78 Å². The number of hydrogen-bond acceptors (Lipinski definition) is 6. The van der Waals surface area contributed by atoms with Crippen molar-refractivity contribution in [2.75, 3.05) is 6.61 Å². The average molecular weight is 351 g/mol. The lowest BCUT2D eigenvalue weighted by atomic mass is 10.1. The van der Waals surface area contributed by atoms with Gasteiger partial charge >= 0.3 is 5.97 Å². The third-order valence-corrected chi connectivity index (χ3v) is 4.19. The summed E-state index contributed by atoms with van der Waals surface area (Å²) in [6.07, 6.45) is 0. The lowest BCUT2D eigenvalue weighted by Gasteiger charge is -2.09. The van der Waals surface area contributed by atoms with E-state index < -0.39 is 11.5 Å². The van der Waals surface area contributed by atoms with Gasteiger partial charge in [0.2, 0.25) is 0 Å². The van der Waals surface area contributed by atoms with Gasteiger partial charge < -0.3 is 9.15 Å². The van der Waals surface area contributed by atoms with Gasteiger partial charge in [0, 0.05) is 5.39 Å². The fourth-order valence-corrected chi connectivity index (χ4v) is 2.78. The number of hydrogen-bond donors (Lipinski definition) is 0. The molecule has 3 aromatic rings. The number of aryl methyl sites for hydroxylation is 1. The number of para-hydroxylation sites is 1. The van der Waals surface area contributed by atoms with Crippen molar-refractivity contribution in [3.63, 3.8) is 0 Å². The molecule has 0 atom stereocenters. The summed E-state index contributed by atoms with van der Waals surface area (Å²) in [5, 5.41) is 14.1. The van der Waals surface area contributed by atoms with Gasteiger partial charge in [-0.25, -0.2) is 9.48 Å². The second-order valence-electron chi connectivity index (χ2n) is 5.78. The summed E-state index contributed by atoms with van der Waals surface area (Å²) in [7, 11) is 0. The first-order chi connectivity index (χ1) is 12.5. The lowest BCUT2D eigenvalue weighted by molar-refractivity contribution is 0.0525. The van der Waals surface area contributed by atoms with Crippen molar-refractivity contribution in [3.05, 3.63) is 62.8 Å². The van der Waals surface area contributed by atoms with E-state index in [1.807, 2.05) is 6.07 Å². The largest absolute Gasteiger partial charge is 0.462 e. The number of esters is 1. The van der Waals surface area contributed by atoms with Crippen LogP contribution in [0.5, 0.6) is 0 Å². The second-order valence-corrected chi connectivity index (χ2v) is 5.78. The molecule has 0 amide bonds. The van der Waals surface area contributed by atoms with Crippen LogP contribution in [0.2, 0.25) is 0 Å². The zero-order valence-electron chi connectivity index (χ0n) is 14.7. The molecule has 2 heterocycles. The van der Waals surface area contributed by atoms with Crippen molar-refractivity contribution < 1.29 is 13.9 Å². The Hall–Kier alpha value is -3.40. The van der Waals surface area contributed by atoms with E-state index in [4.69, 9.17) is 9.15 Å². The molecule has 2 aromatic heterocycles. The van der Waals surface area contributed by atoms with Crippen LogP contribution in [0, 0.1) is 25.2 Å². The van der Waals surface area contributed by atoms with Crippen LogP contribution in [0.25, 0.3) is 11.0 Å². The zero-order valence-corrected chi connectivity index (χ0v) is 14.7. The number of carbonyl (C=O) groups is 1. The second kappa shape index (κ2) is 6.84. The Bertz CT molecular complexity index is 1100. The SMILES string of the molecule is CCOC(=O)c1c(Cn2nc(C)c(C)c(C#N)c2=O)oc2ccccc12. The predicted molar refractivity (Wildman–Crippen MR) is 94.0 cm³/mol. The first kappa shape index (κ1) is 17.4. The standard InChI is InChI=1S/C19H17N3O4/c1-4-25-19(24)17-13-7-5-6-8-15(13)26-16(17)10-22-18(23)14(9-20)11(2)12(3)21-22/h5-8H,4,10H2,1-3H3. The van der Waals surface area contributed by atoms with Crippen LogP contribution < -0.4 is 5.56 Å². The van der Waals surface area contributed by atoms with E-state index in [-0.39, 0.29) is 30.0 Å². The summed E-state index contributed by atoms with van der Waals surface area (Å²) in [4.78, 5) is 24.9. The quantitative estimate of drug-likeness (QED) is 0.670. The predicted octanol–water partition coefficient (Wildman–Crippen LogP) is 2.70. The molecule has 0 N–H and O–H groups in total. The number of nitriles is 1. The van der Waals surface area contributed by atoms with Crippen LogP contribution in [-0.4, -0.2) is 22.4 Å². The van der Waals surface area contributed by atoms with Crippen LogP contribution in [0.15, 0.2) is 33.5 Å². The van der Waals surface area contributed by atoms with Crippen LogP contribution in [0.4, 0.5) is 0 Å². The van der Waals surface area contributed by atoms with Gasteiger partial charge in [-0.1, -0.05) is 18.2 Å². The van der Waals surface area contributed by atoms with E-state index in [9.17, 15) is 14.9 Å². The molecule has 7 nitrogen and oxygen atoms in total. The highest BCUT2D eigenvalue weighted by Gasteiger charge is 2.23. The topological polar surface area (TPSA) is 98.1 Å². The monoisotopic (exact) mass is 351 g/mol. The van der Waals surface area contributed by atoms with Gasteiger partial charge in [0.25, 0.3) is 5.56 Å². The van der Waals surface area contributed by atoms with E-state index in [1.165, 1.54) is 0 Å². The van der Waals surface area contributed by atoms with Gasteiger partial charge in [-0.3, -0.25) is 4.79 Å². The van der Waals surface area contributed by atoms with Gasteiger partial charge in [0.05, 0.1) is 12.3 Å². The Morgan fingerprint density at radius 3 is 2.77 bits per heavy atom. The van der Waals surface area contributed by atoms with Crippen molar-refractivity contribution in [3.8, 4) is 6.07 Å². The number of furan rings is 1. The van der Waals surface area contributed by atoms with Crippen molar-refractivity contribution in [2.24, 2.45) is 0 Å². The van der Waals surface area contributed by atoms with Crippen molar-refractivity contribution in [2.45, 2.75) is 27.3 Å². The van der Waals surface area contributed by atoms with E-state index in [0.717, 1.165) is 4.68 Å². The maximum atomic E-state index is 12.5. The molecule has 0 spiro atoms. The Morgan fingerprint density at radius 1 is 1.35 bits per heavy atom. The molecule has 0 aliphatic carbocycles. The van der Waals surface area contributed by atoms with Gasteiger partial charge in [-0.05, 0) is 32.4 Å². The van der Waals surface area contributed by atoms with E-state index in [2.05, 4.69) is 5.10 Å². The fraction of sp³-hybridized carbons (Fsp3) is 0.263. The molecule has 0 aliphatic heterocycles. The van der Waals surface area contributed by atoms with Gasteiger partial charge in [-0.15, -0.1) is 0 Å². The average Bonchev–Trinajstić information content (AvgIpc) is 2.98. The van der Waals surface area contributed by atoms with Gasteiger partial charge in [0.15, 0.2) is 0 Å². The minimum atomic E-state index is -0.523. The smallest absolute Gasteiger partial charge is 0.342 e. The highest BCUT2D eigenvalue weighted by Crippen LogP contribution is 2.27. The third-order valence-electron chi connectivity index (χ3n) is 4.19. The molecule has 1 aromatic carbocycles. The first-order valence-electron chi connectivity index (χ1n) is 8.13. The highest BCUT2D eigenvalue weighted by atomic mass is 16.5. The summed E-state index contributed by atoms with van der Waals surface area (Å²) in [5.41, 5.74) is 1.41. The maximum absolute atomic E-state index is 12.5. The molecule has 0 aliphatic rings. The van der Waals surface area contributed by atoms with Crippen LogP contribution in [-0.2, 0) is 11.3 Å². The Labute approximate surface area is 149 Å². The van der Waals surface area contributed by atoms with E-state index >= 15 is 0 Å². The normalized spacial score (nSPS) is 10.7.